The second kappa shape index (κ2) is 6.97. The molecule has 0 bridgehead atoms. The fraction of sp³-hybridized carbons (Fsp3) is 0.368. The van der Waals surface area contributed by atoms with Crippen LogP contribution >= 0.6 is 23.2 Å². The molecule has 0 unspecified atom stereocenters. The number of carbonyl (C=O) groups excluding carboxylic acids is 1. The van der Waals surface area contributed by atoms with Crippen molar-refractivity contribution in [3.8, 4) is 0 Å². The second-order valence-corrected chi connectivity index (χ2v) is 8.17. The molecule has 1 fully saturated rings. The highest BCUT2D eigenvalue weighted by molar-refractivity contribution is 6.50. The number of halogens is 2. The van der Waals surface area contributed by atoms with Gasteiger partial charge in [0.15, 0.2) is 5.76 Å². The molecule has 2 aromatic heterocycles. The third-order valence-corrected chi connectivity index (χ3v) is 5.63. The number of aromatic nitrogens is 2. The topological polar surface area (TPSA) is 60.1 Å². The van der Waals surface area contributed by atoms with Gasteiger partial charge in [0.1, 0.15) is 10.2 Å². The molecule has 0 aliphatic heterocycles. The summed E-state index contributed by atoms with van der Waals surface area (Å²) in [5, 5.41) is 2.86. The van der Waals surface area contributed by atoms with Gasteiger partial charge in [-0.3, -0.25) is 4.79 Å². The maximum atomic E-state index is 11.9. The zero-order valence-corrected chi connectivity index (χ0v) is 15.6. The predicted molar refractivity (Wildman–Crippen MR) is 102 cm³/mol. The van der Waals surface area contributed by atoms with Gasteiger partial charge in [0.25, 0.3) is 5.91 Å². The minimum absolute atomic E-state index is 0.199. The van der Waals surface area contributed by atoms with Crippen molar-refractivity contribution in [3.63, 3.8) is 0 Å². The number of benzene rings is 1. The van der Waals surface area contributed by atoms with Crippen LogP contribution in [-0.4, -0.2) is 26.3 Å². The van der Waals surface area contributed by atoms with Crippen LogP contribution in [0, 0.1) is 5.92 Å². The first-order valence-electron chi connectivity index (χ1n) is 8.68. The zero-order valence-electron chi connectivity index (χ0n) is 14.1. The van der Waals surface area contributed by atoms with Crippen LogP contribution in [0.15, 0.2) is 47.1 Å². The molecule has 3 aromatic rings. The first kappa shape index (κ1) is 17.4. The molecule has 5 nitrogen and oxygen atoms in total. The van der Waals surface area contributed by atoms with Gasteiger partial charge in [-0.1, -0.05) is 12.1 Å². The molecule has 1 amide bonds. The molecule has 0 spiro atoms. The highest BCUT2D eigenvalue weighted by Gasteiger charge is 2.51. The lowest BCUT2D eigenvalue weighted by Gasteiger charge is -2.10. The van der Waals surface area contributed by atoms with Gasteiger partial charge in [0.2, 0.25) is 0 Å². The van der Waals surface area contributed by atoms with Crippen LogP contribution in [0.25, 0.3) is 11.0 Å². The van der Waals surface area contributed by atoms with Gasteiger partial charge < -0.3 is 14.3 Å². The Morgan fingerprint density at radius 3 is 2.85 bits per heavy atom. The molecule has 0 radical (unpaired) electrons. The van der Waals surface area contributed by atoms with Crippen LogP contribution in [0.4, 0.5) is 0 Å². The van der Waals surface area contributed by atoms with E-state index in [4.69, 9.17) is 32.6 Å². The summed E-state index contributed by atoms with van der Waals surface area (Å²) in [6.45, 7) is 1.32. The zero-order chi connectivity index (χ0) is 18.1. The molecule has 0 saturated heterocycles. The largest absolute Gasteiger partial charge is 0.459 e. The smallest absolute Gasteiger partial charge is 0.286 e. The average Bonchev–Trinajstić information content (AvgIpc) is 3.03. The monoisotopic (exact) mass is 391 g/mol. The molecule has 1 saturated carbocycles. The average molecular weight is 392 g/mol. The number of imidazole rings is 1. The predicted octanol–water partition coefficient (Wildman–Crippen LogP) is 4.19. The number of amides is 1. The van der Waals surface area contributed by atoms with Crippen LogP contribution in [0.1, 0.15) is 29.2 Å². The standard InChI is InChI=1S/C19H19Cl2N3O2/c20-19(21)11-13(19)12-24-15-6-2-1-5-14(15)23-17(24)8-3-9-22-18(25)16-7-4-10-26-16/h1-2,4-7,10,13H,3,8-9,11-12H2,(H,22,25)/t13-/m0/s1. The number of rotatable bonds is 7. The number of aryl methyl sites for hydroxylation is 1. The molecular formula is C19H19Cl2N3O2. The van der Waals surface area contributed by atoms with E-state index in [-0.39, 0.29) is 11.8 Å². The Hall–Kier alpha value is -1.98. The van der Waals surface area contributed by atoms with Crippen LogP contribution < -0.4 is 5.32 Å². The van der Waals surface area contributed by atoms with Gasteiger partial charge in [-0.15, -0.1) is 23.2 Å². The molecule has 1 atom stereocenters. The van der Waals surface area contributed by atoms with Gasteiger partial charge in [-0.05, 0) is 37.1 Å². The van der Waals surface area contributed by atoms with Crippen LogP contribution in [0.2, 0.25) is 0 Å². The maximum absolute atomic E-state index is 11.9. The van der Waals surface area contributed by atoms with E-state index < -0.39 is 4.33 Å². The van der Waals surface area contributed by atoms with E-state index in [0.29, 0.717) is 12.3 Å². The molecule has 1 aliphatic carbocycles. The lowest BCUT2D eigenvalue weighted by molar-refractivity contribution is 0.0925. The number of fused-ring (bicyclic) bond motifs is 1. The minimum atomic E-state index is -0.611. The van der Waals surface area contributed by atoms with Crippen LogP contribution in [-0.2, 0) is 13.0 Å². The van der Waals surface area contributed by atoms with Crippen molar-refractivity contribution in [1.82, 2.24) is 14.9 Å². The van der Waals surface area contributed by atoms with Crippen LogP contribution in [0.5, 0.6) is 0 Å². The second-order valence-electron chi connectivity index (χ2n) is 6.63. The molecule has 1 N–H and O–H groups in total. The third-order valence-electron chi connectivity index (χ3n) is 4.70. The van der Waals surface area contributed by atoms with E-state index in [0.717, 1.165) is 42.7 Å². The number of furan rings is 1. The summed E-state index contributed by atoms with van der Waals surface area (Å²) >= 11 is 12.4. The van der Waals surface area contributed by atoms with Crippen molar-refractivity contribution in [1.29, 1.82) is 0 Å². The number of nitrogens with one attached hydrogen (secondary N) is 1. The van der Waals surface area contributed by atoms with Crippen molar-refractivity contribution in [3.05, 3.63) is 54.2 Å². The van der Waals surface area contributed by atoms with Crippen molar-refractivity contribution in [2.24, 2.45) is 5.92 Å². The summed E-state index contributed by atoms with van der Waals surface area (Å²) in [7, 11) is 0. The number of alkyl halides is 2. The van der Waals surface area contributed by atoms with E-state index >= 15 is 0 Å². The molecule has 7 heteroatoms. The molecular weight excluding hydrogens is 373 g/mol. The SMILES string of the molecule is O=C(NCCCc1nc2ccccc2n1C[C@@H]1CC1(Cl)Cl)c1ccco1. The fourth-order valence-electron chi connectivity index (χ4n) is 3.15. The summed E-state index contributed by atoms with van der Waals surface area (Å²) in [4.78, 5) is 16.6. The summed E-state index contributed by atoms with van der Waals surface area (Å²) in [6.07, 6.45) is 3.84. The molecule has 2 heterocycles. The highest BCUT2D eigenvalue weighted by atomic mass is 35.5. The third kappa shape index (κ3) is 3.60. The van der Waals surface area contributed by atoms with E-state index in [1.54, 1.807) is 12.1 Å². The van der Waals surface area contributed by atoms with Gasteiger partial charge >= 0.3 is 0 Å². The number of hydrogen-bond acceptors (Lipinski definition) is 3. The Morgan fingerprint density at radius 1 is 1.31 bits per heavy atom. The van der Waals surface area contributed by atoms with E-state index in [1.807, 2.05) is 18.2 Å². The normalized spacial score (nSPS) is 18.2. The summed E-state index contributed by atoms with van der Waals surface area (Å²) < 4.78 is 6.68. The van der Waals surface area contributed by atoms with E-state index in [9.17, 15) is 4.79 Å². The first-order valence-corrected chi connectivity index (χ1v) is 9.44. The Kier molecular flexibility index (Phi) is 4.67. The Balaban J connectivity index is 1.41. The van der Waals surface area contributed by atoms with Crippen molar-refractivity contribution in [2.75, 3.05) is 6.54 Å². The van der Waals surface area contributed by atoms with Crippen molar-refractivity contribution in [2.45, 2.75) is 30.1 Å². The van der Waals surface area contributed by atoms with Gasteiger partial charge in [-0.2, -0.15) is 0 Å². The van der Waals surface area contributed by atoms with Crippen molar-refractivity contribution < 1.29 is 9.21 Å². The van der Waals surface area contributed by atoms with Gasteiger partial charge in [0, 0.05) is 25.4 Å². The van der Waals surface area contributed by atoms with Crippen molar-refractivity contribution >= 4 is 40.1 Å². The Bertz CT molecular complexity index is 918. The fourth-order valence-corrected chi connectivity index (χ4v) is 3.66. The van der Waals surface area contributed by atoms with E-state index in [2.05, 4.69) is 16.0 Å². The number of carbonyl (C=O) groups is 1. The minimum Gasteiger partial charge on any atom is -0.459 e. The Labute approximate surface area is 161 Å². The highest BCUT2D eigenvalue weighted by Crippen LogP contribution is 2.54. The number of hydrogen-bond donors (Lipinski definition) is 1. The summed E-state index contributed by atoms with van der Waals surface area (Å²) in [5.41, 5.74) is 2.07. The molecule has 4 rings (SSSR count). The summed E-state index contributed by atoms with van der Waals surface area (Å²) in [6, 6.07) is 11.4. The molecule has 26 heavy (non-hydrogen) atoms. The Morgan fingerprint density at radius 2 is 2.12 bits per heavy atom. The maximum Gasteiger partial charge on any atom is 0.286 e. The lowest BCUT2D eigenvalue weighted by Crippen LogP contribution is -2.24. The molecule has 136 valence electrons. The molecule has 1 aliphatic rings. The first-order chi connectivity index (χ1) is 12.5. The number of nitrogens with zero attached hydrogens (tertiary/aromatic N) is 2. The quantitative estimate of drug-likeness (QED) is 0.485. The lowest BCUT2D eigenvalue weighted by atomic mass is 10.2. The van der Waals surface area contributed by atoms with Gasteiger partial charge in [-0.25, -0.2) is 4.98 Å². The van der Waals surface area contributed by atoms with Crippen LogP contribution in [0.3, 0.4) is 0 Å². The summed E-state index contributed by atoms with van der Waals surface area (Å²) in [5.74, 6) is 1.37. The van der Waals surface area contributed by atoms with Gasteiger partial charge in [0.05, 0.1) is 17.3 Å². The van der Waals surface area contributed by atoms with E-state index in [1.165, 1.54) is 6.26 Å². The molecule has 1 aromatic carbocycles. The number of para-hydroxylation sites is 2.